The van der Waals surface area contributed by atoms with Crippen molar-refractivity contribution in [2.75, 3.05) is 19.6 Å². The summed E-state index contributed by atoms with van der Waals surface area (Å²) in [5.74, 6) is 1.71. The molecule has 2 atom stereocenters. The largest absolute Gasteiger partial charge is 0.330 e. The normalized spacial score (nSPS) is 36.4. The summed E-state index contributed by atoms with van der Waals surface area (Å²) in [6, 6.07) is 0.818. The molecule has 1 saturated carbocycles. The van der Waals surface area contributed by atoms with Gasteiger partial charge in [-0.1, -0.05) is 26.2 Å². The molecule has 1 aliphatic carbocycles. The molecule has 2 nitrogen and oxygen atoms in total. The van der Waals surface area contributed by atoms with E-state index in [1.165, 1.54) is 45.2 Å². The molecule has 0 bridgehead atoms. The molecule has 0 amide bonds. The SMILES string of the molecule is CC1CN(C2CCCCCC2CN)C1. The number of nitrogens with zero attached hydrogens (tertiary/aromatic N) is 1. The lowest BCUT2D eigenvalue weighted by Gasteiger charge is -2.45. The molecular weight excluding hydrogens is 172 g/mol. The minimum Gasteiger partial charge on any atom is -0.330 e. The van der Waals surface area contributed by atoms with Crippen LogP contribution in [-0.4, -0.2) is 30.6 Å². The van der Waals surface area contributed by atoms with Gasteiger partial charge >= 0.3 is 0 Å². The summed E-state index contributed by atoms with van der Waals surface area (Å²) in [6.07, 6.45) is 7.02. The first kappa shape index (κ1) is 10.4. The van der Waals surface area contributed by atoms with Crippen LogP contribution in [-0.2, 0) is 0 Å². The summed E-state index contributed by atoms with van der Waals surface area (Å²) in [6.45, 7) is 5.89. The van der Waals surface area contributed by atoms with Crippen molar-refractivity contribution in [3.8, 4) is 0 Å². The number of hydrogen-bond acceptors (Lipinski definition) is 2. The molecule has 82 valence electrons. The monoisotopic (exact) mass is 196 g/mol. The quantitative estimate of drug-likeness (QED) is 0.683. The van der Waals surface area contributed by atoms with Gasteiger partial charge in [0.05, 0.1) is 0 Å². The second-order valence-corrected chi connectivity index (χ2v) is 5.26. The summed E-state index contributed by atoms with van der Waals surface area (Å²) >= 11 is 0. The molecule has 1 heterocycles. The van der Waals surface area contributed by atoms with Crippen LogP contribution < -0.4 is 5.73 Å². The smallest absolute Gasteiger partial charge is 0.0136 e. The first-order chi connectivity index (χ1) is 6.81. The van der Waals surface area contributed by atoms with Gasteiger partial charge in [0.1, 0.15) is 0 Å². The molecule has 1 aliphatic heterocycles. The molecule has 0 radical (unpaired) electrons. The fourth-order valence-corrected chi connectivity index (χ4v) is 3.14. The van der Waals surface area contributed by atoms with E-state index in [0.29, 0.717) is 0 Å². The van der Waals surface area contributed by atoms with Crippen LogP contribution in [0.4, 0.5) is 0 Å². The highest BCUT2D eigenvalue weighted by atomic mass is 15.2. The van der Waals surface area contributed by atoms with E-state index in [1.54, 1.807) is 0 Å². The zero-order valence-electron chi connectivity index (χ0n) is 9.41. The van der Waals surface area contributed by atoms with Gasteiger partial charge in [-0.3, -0.25) is 4.90 Å². The summed E-state index contributed by atoms with van der Waals surface area (Å²) in [4.78, 5) is 2.67. The Morgan fingerprint density at radius 2 is 1.86 bits per heavy atom. The van der Waals surface area contributed by atoms with E-state index >= 15 is 0 Å². The predicted octanol–water partition coefficient (Wildman–Crippen LogP) is 1.85. The summed E-state index contributed by atoms with van der Waals surface area (Å²) in [5.41, 5.74) is 5.89. The summed E-state index contributed by atoms with van der Waals surface area (Å²) in [7, 11) is 0. The Bertz CT molecular complexity index is 175. The molecule has 2 N–H and O–H groups in total. The minimum atomic E-state index is 0.782. The van der Waals surface area contributed by atoms with Crippen LogP contribution in [0, 0.1) is 11.8 Å². The molecule has 2 fully saturated rings. The molecule has 2 unspecified atom stereocenters. The Morgan fingerprint density at radius 1 is 1.14 bits per heavy atom. The maximum Gasteiger partial charge on any atom is 0.0136 e. The van der Waals surface area contributed by atoms with Crippen LogP contribution in [0.5, 0.6) is 0 Å². The fraction of sp³-hybridized carbons (Fsp3) is 1.00. The second-order valence-electron chi connectivity index (χ2n) is 5.26. The summed E-state index contributed by atoms with van der Waals surface area (Å²) < 4.78 is 0. The van der Waals surface area contributed by atoms with Crippen LogP contribution in [0.1, 0.15) is 39.0 Å². The second kappa shape index (κ2) is 4.63. The average Bonchev–Trinajstić information content (AvgIpc) is 2.37. The lowest BCUT2D eigenvalue weighted by Crippen LogP contribution is -2.54. The van der Waals surface area contributed by atoms with Crippen LogP contribution in [0.2, 0.25) is 0 Å². The van der Waals surface area contributed by atoms with E-state index in [0.717, 1.165) is 24.4 Å². The first-order valence-electron chi connectivity index (χ1n) is 6.25. The fourth-order valence-electron chi connectivity index (χ4n) is 3.14. The van der Waals surface area contributed by atoms with E-state index in [-0.39, 0.29) is 0 Å². The topological polar surface area (TPSA) is 29.3 Å². The predicted molar refractivity (Wildman–Crippen MR) is 60.2 cm³/mol. The molecule has 14 heavy (non-hydrogen) atoms. The molecule has 0 spiro atoms. The Kier molecular flexibility index (Phi) is 3.45. The van der Waals surface area contributed by atoms with Crippen molar-refractivity contribution in [2.24, 2.45) is 17.6 Å². The zero-order chi connectivity index (χ0) is 9.97. The highest BCUT2D eigenvalue weighted by Crippen LogP contribution is 2.31. The zero-order valence-corrected chi connectivity index (χ0v) is 9.41. The molecule has 2 heteroatoms. The highest BCUT2D eigenvalue weighted by Gasteiger charge is 2.34. The summed E-state index contributed by atoms with van der Waals surface area (Å²) in [5, 5.41) is 0. The molecular formula is C12H24N2. The molecule has 2 aliphatic rings. The van der Waals surface area contributed by atoms with Gasteiger partial charge in [0.2, 0.25) is 0 Å². The van der Waals surface area contributed by atoms with Gasteiger partial charge < -0.3 is 5.73 Å². The molecule has 0 aromatic carbocycles. The lowest BCUT2D eigenvalue weighted by atomic mass is 9.89. The van der Waals surface area contributed by atoms with Crippen molar-refractivity contribution in [1.29, 1.82) is 0 Å². The number of likely N-dealkylation sites (tertiary alicyclic amines) is 1. The van der Waals surface area contributed by atoms with Crippen molar-refractivity contribution >= 4 is 0 Å². The van der Waals surface area contributed by atoms with Crippen LogP contribution in [0.25, 0.3) is 0 Å². The van der Waals surface area contributed by atoms with Crippen molar-refractivity contribution in [2.45, 2.75) is 45.1 Å². The minimum absolute atomic E-state index is 0.782. The molecule has 2 rings (SSSR count). The Balaban J connectivity index is 1.91. The maximum absolute atomic E-state index is 5.89. The van der Waals surface area contributed by atoms with E-state index in [9.17, 15) is 0 Å². The van der Waals surface area contributed by atoms with Gasteiger partial charge in [-0.2, -0.15) is 0 Å². The van der Waals surface area contributed by atoms with Gasteiger partial charge in [-0.05, 0) is 31.2 Å². The van der Waals surface area contributed by atoms with Gasteiger partial charge in [0.25, 0.3) is 0 Å². The van der Waals surface area contributed by atoms with Crippen LogP contribution in [0.15, 0.2) is 0 Å². The first-order valence-corrected chi connectivity index (χ1v) is 6.25. The average molecular weight is 196 g/mol. The third-order valence-corrected chi connectivity index (χ3v) is 3.98. The van der Waals surface area contributed by atoms with E-state index < -0.39 is 0 Å². The van der Waals surface area contributed by atoms with Crippen LogP contribution >= 0.6 is 0 Å². The van der Waals surface area contributed by atoms with E-state index in [2.05, 4.69) is 11.8 Å². The number of nitrogens with two attached hydrogens (primary N) is 1. The number of hydrogen-bond donors (Lipinski definition) is 1. The Labute approximate surface area is 87.8 Å². The van der Waals surface area contributed by atoms with Crippen LogP contribution in [0.3, 0.4) is 0 Å². The standard InChI is InChI=1S/C12H24N2/c1-10-8-14(9-10)12-6-4-2-3-5-11(12)7-13/h10-12H,2-9,13H2,1H3. The maximum atomic E-state index is 5.89. The van der Waals surface area contributed by atoms with Gasteiger partial charge in [-0.25, -0.2) is 0 Å². The third-order valence-electron chi connectivity index (χ3n) is 3.98. The van der Waals surface area contributed by atoms with Crippen molar-refractivity contribution < 1.29 is 0 Å². The molecule has 0 aromatic rings. The van der Waals surface area contributed by atoms with Gasteiger partial charge in [-0.15, -0.1) is 0 Å². The Hall–Kier alpha value is -0.0800. The third kappa shape index (κ3) is 2.12. The molecule has 1 saturated heterocycles. The highest BCUT2D eigenvalue weighted by molar-refractivity contribution is 4.88. The number of rotatable bonds is 2. The van der Waals surface area contributed by atoms with Crippen molar-refractivity contribution in [3.63, 3.8) is 0 Å². The van der Waals surface area contributed by atoms with Gasteiger partial charge in [0.15, 0.2) is 0 Å². The van der Waals surface area contributed by atoms with E-state index in [1.807, 2.05) is 0 Å². The van der Waals surface area contributed by atoms with Crippen molar-refractivity contribution in [1.82, 2.24) is 4.90 Å². The van der Waals surface area contributed by atoms with Crippen molar-refractivity contribution in [3.05, 3.63) is 0 Å². The Morgan fingerprint density at radius 3 is 2.50 bits per heavy atom. The lowest BCUT2D eigenvalue weighted by molar-refractivity contribution is 0.0307. The van der Waals surface area contributed by atoms with E-state index in [4.69, 9.17) is 5.73 Å². The molecule has 0 aromatic heterocycles. The van der Waals surface area contributed by atoms with Gasteiger partial charge in [0, 0.05) is 19.1 Å².